The zero-order valence-corrected chi connectivity index (χ0v) is 11.4. The predicted octanol–water partition coefficient (Wildman–Crippen LogP) is 2.71. The van der Waals surface area contributed by atoms with Gasteiger partial charge in [0.1, 0.15) is 5.82 Å². The molecule has 1 aromatic rings. The third-order valence-corrected chi connectivity index (χ3v) is 3.61. The summed E-state index contributed by atoms with van der Waals surface area (Å²) in [6, 6.07) is 2.17. The number of halogens is 4. The van der Waals surface area contributed by atoms with Crippen molar-refractivity contribution in [2.24, 2.45) is 0 Å². The molecule has 2 N–H and O–H groups in total. The molecule has 1 aliphatic rings. The summed E-state index contributed by atoms with van der Waals surface area (Å²) in [6.07, 6.45) is -3.18. The van der Waals surface area contributed by atoms with Crippen LogP contribution in [0.15, 0.2) is 18.2 Å². The Balaban J connectivity index is 2.16. The Morgan fingerprint density at radius 2 is 2.10 bits per heavy atom. The van der Waals surface area contributed by atoms with Crippen LogP contribution in [0.5, 0.6) is 0 Å². The van der Waals surface area contributed by atoms with Crippen molar-refractivity contribution in [3.63, 3.8) is 0 Å². The third kappa shape index (κ3) is 3.72. The minimum absolute atomic E-state index is 0.0465. The van der Waals surface area contributed by atoms with Gasteiger partial charge in [-0.25, -0.2) is 4.39 Å². The minimum Gasteiger partial charge on any atom is -0.348 e. The summed E-state index contributed by atoms with van der Waals surface area (Å²) in [4.78, 5) is 12.0. The first-order valence-electron chi connectivity index (χ1n) is 6.70. The van der Waals surface area contributed by atoms with E-state index in [1.165, 1.54) is 0 Å². The molecule has 0 saturated carbocycles. The number of carbonyl (C=O) groups is 1. The number of rotatable bonds is 2. The van der Waals surface area contributed by atoms with Gasteiger partial charge in [0.25, 0.3) is 5.91 Å². The van der Waals surface area contributed by atoms with Crippen LogP contribution in [0.3, 0.4) is 0 Å². The number of alkyl halides is 3. The molecular weight excluding hydrogens is 288 g/mol. The molecule has 1 fully saturated rings. The van der Waals surface area contributed by atoms with Gasteiger partial charge in [-0.3, -0.25) is 4.79 Å². The first-order chi connectivity index (χ1) is 9.79. The van der Waals surface area contributed by atoms with Crippen molar-refractivity contribution in [1.29, 1.82) is 0 Å². The summed E-state index contributed by atoms with van der Waals surface area (Å²) in [5, 5.41) is 5.87. The highest BCUT2D eigenvalue weighted by Crippen LogP contribution is 2.31. The van der Waals surface area contributed by atoms with Gasteiger partial charge in [0, 0.05) is 17.6 Å². The second-order valence-corrected chi connectivity index (χ2v) is 5.16. The number of piperidine rings is 1. The fraction of sp³-hybridized carbons (Fsp3) is 0.500. The lowest BCUT2D eigenvalue weighted by Crippen LogP contribution is -2.51. The van der Waals surface area contributed by atoms with Crippen LogP contribution >= 0.6 is 0 Å². The molecule has 0 spiro atoms. The van der Waals surface area contributed by atoms with Gasteiger partial charge in [-0.1, -0.05) is 0 Å². The van der Waals surface area contributed by atoms with Crippen molar-refractivity contribution in [2.45, 2.75) is 38.0 Å². The Morgan fingerprint density at radius 3 is 2.71 bits per heavy atom. The standard InChI is InChI=1S/C14H16F4N2O/c1-8-12(3-2-6-19-8)20-13(21)9-4-5-11(15)10(7-9)14(16,17)18/h4-5,7-8,12,19H,2-3,6H2,1H3,(H,20,21). The highest BCUT2D eigenvalue weighted by Gasteiger charge is 2.35. The number of benzene rings is 1. The molecule has 1 amide bonds. The molecule has 2 unspecified atom stereocenters. The molecule has 2 rings (SSSR count). The van der Waals surface area contributed by atoms with Crippen molar-refractivity contribution in [2.75, 3.05) is 6.54 Å². The van der Waals surface area contributed by atoms with E-state index in [9.17, 15) is 22.4 Å². The molecule has 0 bridgehead atoms. The van der Waals surface area contributed by atoms with Crippen LogP contribution in [-0.4, -0.2) is 24.5 Å². The third-order valence-electron chi connectivity index (χ3n) is 3.61. The van der Waals surface area contributed by atoms with Crippen LogP contribution in [0.4, 0.5) is 17.6 Å². The lowest BCUT2D eigenvalue weighted by Gasteiger charge is -2.30. The molecule has 1 aliphatic heterocycles. The van der Waals surface area contributed by atoms with E-state index in [2.05, 4.69) is 10.6 Å². The molecule has 21 heavy (non-hydrogen) atoms. The summed E-state index contributed by atoms with van der Waals surface area (Å²) in [7, 11) is 0. The van der Waals surface area contributed by atoms with Gasteiger partial charge in [0.05, 0.1) is 5.56 Å². The highest BCUT2D eigenvalue weighted by atomic mass is 19.4. The van der Waals surface area contributed by atoms with Crippen LogP contribution in [0.1, 0.15) is 35.7 Å². The van der Waals surface area contributed by atoms with Gasteiger partial charge < -0.3 is 10.6 Å². The lowest BCUT2D eigenvalue weighted by molar-refractivity contribution is -0.140. The Kier molecular flexibility index (Phi) is 4.51. The lowest BCUT2D eigenvalue weighted by atomic mass is 9.99. The SMILES string of the molecule is CC1NCCCC1NC(=O)c1ccc(F)c(C(F)(F)F)c1. The fourth-order valence-corrected chi connectivity index (χ4v) is 2.38. The van der Waals surface area contributed by atoms with E-state index in [0.29, 0.717) is 12.1 Å². The average Bonchev–Trinajstić information content (AvgIpc) is 2.40. The maximum Gasteiger partial charge on any atom is 0.419 e. The quantitative estimate of drug-likeness (QED) is 0.825. The van der Waals surface area contributed by atoms with Crippen LogP contribution in [-0.2, 0) is 6.18 Å². The highest BCUT2D eigenvalue weighted by molar-refractivity contribution is 5.94. The Morgan fingerprint density at radius 1 is 1.38 bits per heavy atom. The molecule has 0 radical (unpaired) electrons. The van der Waals surface area contributed by atoms with Crippen LogP contribution in [0, 0.1) is 5.82 Å². The summed E-state index contributed by atoms with van der Waals surface area (Å²) in [5.41, 5.74) is -1.62. The predicted molar refractivity (Wildman–Crippen MR) is 69.4 cm³/mol. The van der Waals surface area contributed by atoms with E-state index in [1.54, 1.807) is 0 Å². The fourth-order valence-electron chi connectivity index (χ4n) is 2.38. The number of carbonyl (C=O) groups excluding carboxylic acids is 1. The van der Waals surface area contributed by atoms with E-state index in [0.717, 1.165) is 25.5 Å². The van der Waals surface area contributed by atoms with Crippen molar-refractivity contribution < 1.29 is 22.4 Å². The number of hydrogen-bond donors (Lipinski definition) is 2. The van der Waals surface area contributed by atoms with Gasteiger partial charge in [-0.2, -0.15) is 13.2 Å². The molecule has 1 aromatic carbocycles. The summed E-state index contributed by atoms with van der Waals surface area (Å²) in [6.45, 7) is 2.75. The summed E-state index contributed by atoms with van der Waals surface area (Å²) >= 11 is 0. The Labute approximate surface area is 119 Å². The monoisotopic (exact) mass is 304 g/mol. The van der Waals surface area contributed by atoms with E-state index >= 15 is 0 Å². The molecular formula is C14H16F4N2O. The zero-order chi connectivity index (χ0) is 15.6. The molecule has 116 valence electrons. The second-order valence-electron chi connectivity index (χ2n) is 5.16. The van der Waals surface area contributed by atoms with Gasteiger partial charge in [0.2, 0.25) is 0 Å². The normalized spacial score (nSPS) is 22.9. The number of nitrogens with one attached hydrogen (secondary N) is 2. The summed E-state index contributed by atoms with van der Waals surface area (Å²) in [5.74, 6) is -2.01. The van der Waals surface area contributed by atoms with E-state index in [4.69, 9.17) is 0 Å². The smallest absolute Gasteiger partial charge is 0.348 e. The number of amides is 1. The molecule has 1 saturated heterocycles. The van der Waals surface area contributed by atoms with Crippen molar-refractivity contribution in [3.8, 4) is 0 Å². The van der Waals surface area contributed by atoms with E-state index in [-0.39, 0.29) is 17.6 Å². The zero-order valence-electron chi connectivity index (χ0n) is 11.4. The van der Waals surface area contributed by atoms with Gasteiger partial charge >= 0.3 is 6.18 Å². The van der Waals surface area contributed by atoms with Gasteiger partial charge in [-0.05, 0) is 44.5 Å². The molecule has 0 aliphatic carbocycles. The molecule has 2 atom stereocenters. The molecule has 3 nitrogen and oxygen atoms in total. The van der Waals surface area contributed by atoms with Crippen LogP contribution in [0.25, 0.3) is 0 Å². The molecule has 1 heterocycles. The summed E-state index contributed by atoms with van der Waals surface area (Å²) < 4.78 is 51.1. The van der Waals surface area contributed by atoms with Gasteiger partial charge in [-0.15, -0.1) is 0 Å². The van der Waals surface area contributed by atoms with E-state index < -0.39 is 23.5 Å². The van der Waals surface area contributed by atoms with Crippen LogP contribution < -0.4 is 10.6 Å². The van der Waals surface area contributed by atoms with Crippen molar-refractivity contribution in [3.05, 3.63) is 35.1 Å². The van der Waals surface area contributed by atoms with Crippen molar-refractivity contribution >= 4 is 5.91 Å². The Hall–Kier alpha value is -1.63. The maximum atomic E-state index is 13.2. The number of hydrogen-bond acceptors (Lipinski definition) is 2. The largest absolute Gasteiger partial charge is 0.419 e. The molecule has 7 heteroatoms. The first-order valence-corrected chi connectivity index (χ1v) is 6.70. The second kappa shape index (κ2) is 6.01. The Bertz CT molecular complexity index is 530. The maximum absolute atomic E-state index is 13.2. The molecule has 0 aromatic heterocycles. The first kappa shape index (κ1) is 15.8. The van der Waals surface area contributed by atoms with Crippen molar-refractivity contribution in [1.82, 2.24) is 10.6 Å². The van der Waals surface area contributed by atoms with Gasteiger partial charge in [0.15, 0.2) is 0 Å². The average molecular weight is 304 g/mol. The topological polar surface area (TPSA) is 41.1 Å². The van der Waals surface area contributed by atoms with E-state index in [1.807, 2.05) is 6.92 Å². The minimum atomic E-state index is -4.82. The van der Waals surface area contributed by atoms with Crippen LogP contribution in [0.2, 0.25) is 0 Å².